The van der Waals surface area contributed by atoms with Gasteiger partial charge in [-0.15, -0.1) is 0 Å². The minimum atomic E-state index is -0.460. The fraction of sp³-hybridized carbons (Fsp3) is 0.375. The lowest BCUT2D eigenvalue weighted by atomic mass is 9.90. The second-order valence-corrected chi connectivity index (χ2v) is 8.76. The highest BCUT2D eigenvalue weighted by atomic mass is 35.5. The van der Waals surface area contributed by atoms with Gasteiger partial charge in [-0.2, -0.15) is 0 Å². The van der Waals surface area contributed by atoms with Crippen LogP contribution in [0.4, 0.5) is 0 Å². The van der Waals surface area contributed by atoms with Crippen LogP contribution in [-0.2, 0) is 6.42 Å². The molecule has 3 aromatic rings. The monoisotopic (exact) mass is 421 g/mol. The average molecular weight is 422 g/mol. The lowest BCUT2D eigenvalue weighted by molar-refractivity contribution is 0.00975. The van der Waals surface area contributed by atoms with Crippen LogP contribution >= 0.6 is 11.6 Å². The third-order valence-electron chi connectivity index (χ3n) is 6.55. The molecule has 1 fully saturated rings. The van der Waals surface area contributed by atoms with Crippen LogP contribution in [0.25, 0.3) is 10.9 Å². The number of aromatic nitrogens is 2. The number of nitrogens with zero attached hydrogens (tertiary/aromatic N) is 3. The maximum Gasteiger partial charge on any atom is 0.255 e. The quantitative estimate of drug-likeness (QED) is 0.623. The van der Waals surface area contributed by atoms with Crippen LogP contribution in [0, 0.1) is 0 Å². The molecule has 3 atom stereocenters. The summed E-state index contributed by atoms with van der Waals surface area (Å²) in [6, 6.07) is 9.52. The van der Waals surface area contributed by atoms with Crippen LogP contribution < -0.4 is 0 Å². The molecule has 0 bridgehead atoms. The summed E-state index contributed by atoms with van der Waals surface area (Å²) in [5.41, 5.74) is 4.64. The van der Waals surface area contributed by atoms with Gasteiger partial charge in [0.1, 0.15) is 5.15 Å². The van der Waals surface area contributed by atoms with Gasteiger partial charge in [0.05, 0.1) is 23.7 Å². The Hall–Kier alpha value is -2.50. The maximum absolute atomic E-state index is 13.5. The molecule has 30 heavy (non-hydrogen) atoms. The Labute approximate surface area is 180 Å². The summed E-state index contributed by atoms with van der Waals surface area (Å²) in [6.07, 6.45) is 7.41. The van der Waals surface area contributed by atoms with Crippen molar-refractivity contribution >= 4 is 28.4 Å². The number of hydrogen-bond donors (Lipinski definition) is 1. The second kappa shape index (κ2) is 7.64. The first kappa shape index (κ1) is 19.5. The van der Waals surface area contributed by atoms with Gasteiger partial charge in [-0.05, 0) is 55.5 Å². The van der Waals surface area contributed by atoms with Crippen molar-refractivity contribution in [2.45, 2.75) is 57.2 Å². The van der Waals surface area contributed by atoms with Gasteiger partial charge in [-0.3, -0.25) is 9.78 Å². The molecule has 1 aromatic carbocycles. The molecule has 3 heterocycles. The molecule has 6 heteroatoms. The molecule has 0 saturated heterocycles. The summed E-state index contributed by atoms with van der Waals surface area (Å²) in [5, 5.41) is 12.1. The van der Waals surface area contributed by atoms with Crippen molar-refractivity contribution in [3.63, 3.8) is 0 Å². The zero-order valence-electron chi connectivity index (χ0n) is 16.9. The molecule has 5 nitrogen and oxygen atoms in total. The number of aliphatic hydroxyl groups is 1. The van der Waals surface area contributed by atoms with Crippen molar-refractivity contribution in [3.8, 4) is 0 Å². The Morgan fingerprint density at radius 1 is 1.20 bits per heavy atom. The minimum Gasteiger partial charge on any atom is -0.391 e. The van der Waals surface area contributed by atoms with Crippen molar-refractivity contribution < 1.29 is 9.90 Å². The molecular formula is C24H24ClN3O2. The van der Waals surface area contributed by atoms with Gasteiger partial charge in [0.2, 0.25) is 0 Å². The van der Waals surface area contributed by atoms with Crippen molar-refractivity contribution in [2.24, 2.45) is 0 Å². The molecule has 1 aliphatic heterocycles. The van der Waals surface area contributed by atoms with Crippen molar-refractivity contribution in [1.82, 2.24) is 14.9 Å². The Morgan fingerprint density at radius 3 is 2.80 bits per heavy atom. The van der Waals surface area contributed by atoms with Gasteiger partial charge < -0.3 is 10.0 Å². The smallest absolute Gasteiger partial charge is 0.255 e. The van der Waals surface area contributed by atoms with Crippen LogP contribution in [0.3, 0.4) is 0 Å². The first-order valence-electron chi connectivity index (χ1n) is 10.6. The van der Waals surface area contributed by atoms with E-state index in [-0.39, 0.29) is 18.0 Å². The number of pyridine rings is 2. The van der Waals surface area contributed by atoms with Crippen LogP contribution in [0.15, 0.2) is 42.7 Å². The zero-order chi connectivity index (χ0) is 20.8. The first-order valence-corrected chi connectivity index (χ1v) is 10.9. The standard InChI is InChI=1S/C24H24ClN3O2/c1-14-22-18(24(30)28(14)19-6-2-3-7-20(19)29)12-16(17-5-4-10-26-23(17)22)11-15-8-9-21(25)27-13-15/h4-5,8-10,12-14,19-20,29H,2-3,6-7,11H2,1H3. The van der Waals surface area contributed by atoms with E-state index in [4.69, 9.17) is 11.6 Å². The molecule has 2 aromatic heterocycles. The van der Waals surface area contributed by atoms with Gasteiger partial charge in [-0.25, -0.2) is 4.98 Å². The van der Waals surface area contributed by atoms with Gasteiger partial charge in [0.15, 0.2) is 0 Å². The largest absolute Gasteiger partial charge is 0.391 e. The van der Waals surface area contributed by atoms with Crippen LogP contribution in [0.5, 0.6) is 0 Å². The highest BCUT2D eigenvalue weighted by Gasteiger charge is 2.43. The van der Waals surface area contributed by atoms with Crippen molar-refractivity contribution in [3.05, 3.63) is 70.1 Å². The Morgan fingerprint density at radius 2 is 2.03 bits per heavy atom. The Kier molecular flexibility index (Phi) is 4.95. The molecule has 0 radical (unpaired) electrons. The minimum absolute atomic E-state index is 0.00600. The van der Waals surface area contributed by atoms with Gasteiger partial charge in [0, 0.05) is 28.9 Å². The van der Waals surface area contributed by atoms with E-state index in [0.717, 1.165) is 53.3 Å². The Balaban J connectivity index is 1.61. The number of halogens is 1. The lowest BCUT2D eigenvalue weighted by Gasteiger charge is -2.37. The highest BCUT2D eigenvalue weighted by molar-refractivity contribution is 6.29. The number of carbonyl (C=O) groups is 1. The van der Waals surface area contributed by atoms with Crippen LogP contribution in [0.1, 0.15) is 65.7 Å². The van der Waals surface area contributed by atoms with Crippen LogP contribution in [-0.4, -0.2) is 38.0 Å². The van der Waals surface area contributed by atoms with Gasteiger partial charge in [-0.1, -0.05) is 36.6 Å². The van der Waals surface area contributed by atoms with E-state index in [1.54, 1.807) is 18.5 Å². The predicted molar refractivity (Wildman–Crippen MR) is 117 cm³/mol. The van der Waals surface area contributed by atoms with Gasteiger partial charge in [0.25, 0.3) is 5.91 Å². The molecule has 1 saturated carbocycles. The number of amides is 1. The van der Waals surface area contributed by atoms with E-state index in [2.05, 4.69) is 23.0 Å². The summed E-state index contributed by atoms with van der Waals surface area (Å²) in [4.78, 5) is 24.3. The molecule has 0 spiro atoms. The normalized spacial score (nSPS) is 23.8. The number of benzene rings is 1. The van der Waals surface area contributed by atoms with Crippen molar-refractivity contribution in [2.75, 3.05) is 0 Å². The van der Waals surface area contributed by atoms with E-state index in [1.165, 1.54) is 0 Å². The molecule has 1 aliphatic carbocycles. The number of carbonyl (C=O) groups excluding carboxylic acids is 1. The summed E-state index contributed by atoms with van der Waals surface area (Å²) < 4.78 is 0. The fourth-order valence-electron chi connectivity index (χ4n) is 5.12. The molecule has 1 N–H and O–H groups in total. The fourth-order valence-corrected chi connectivity index (χ4v) is 5.23. The van der Waals surface area contributed by atoms with E-state index in [9.17, 15) is 9.90 Å². The molecule has 3 unspecified atom stereocenters. The first-order chi connectivity index (χ1) is 14.5. The Bertz CT molecular complexity index is 1120. The highest BCUT2D eigenvalue weighted by Crippen LogP contribution is 2.42. The summed E-state index contributed by atoms with van der Waals surface area (Å²) in [5.74, 6) is 0.00600. The van der Waals surface area contributed by atoms with Gasteiger partial charge >= 0.3 is 0 Å². The molecule has 154 valence electrons. The third-order valence-corrected chi connectivity index (χ3v) is 6.78. The summed E-state index contributed by atoms with van der Waals surface area (Å²) in [6.45, 7) is 2.06. The lowest BCUT2D eigenvalue weighted by Crippen LogP contribution is -2.46. The molecule has 2 aliphatic rings. The van der Waals surface area contributed by atoms with E-state index >= 15 is 0 Å². The molecule has 5 rings (SSSR count). The summed E-state index contributed by atoms with van der Waals surface area (Å²) >= 11 is 5.93. The number of hydrogen-bond acceptors (Lipinski definition) is 4. The van der Waals surface area contributed by atoms with Crippen LogP contribution in [0.2, 0.25) is 5.15 Å². The maximum atomic E-state index is 13.5. The predicted octanol–water partition coefficient (Wildman–Crippen LogP) is 4.69. The van der Waals surface area contributed by atoms with Crippen molar-refractivity contribution in [1.29, 1.82) is 0 Å². The topological polar surface area (TPSA) is 66.3 Å². The zero-order valence-corrected chi connectivity index (χ0v) is 17.6. The molecule has 1 amide bonds. The van der Waals surface area contributed by atoms with E-state index in [1.807, 2.05) is 23.1 Å². The molecular weight excluding hydrogens is 398 g/mol. The average Bonchev–Trinajstić information content (AvgIpc) is 3.00. The summed E-state index contributed by atoms with van der Waals surface area (Å²) in [7, 11) is 0. The number of fused-ring (bicyclic) bond motifs is 3. The van der Waals surface area contributed by atoms with E-state index in [0.29, 0.717) is 17.1 Å². The van der Waals surface area contributed by atoms with E-state index < -0.39 is 6.10 Å². The number of aliphatic hydroxyl groups excluding tert-OH is 1. The SMILES string of the molecule is CC1c2c(cc(Cc3ccc(Cl)nc3)c3cccnc23)C(=O)N1C1CCCCC1O. The third kappa shape index (κ3) is 3.17. The second-order valence-electron chi connectivity index (χ2n) is 8.37. The number of rotatable bonds is 3.